The molecular formula is C28H42N6O9. The van der Waals surface area contributed by atoms with Crippen molar-refractivity contribution < 1.29 is 44.1 Å². The van der Waals surface area contributed by atoms with Gasteiger partial charge in [-0.2, -0.15) is 0 Å². The van der Waals surface area contributed by atoms with Crippen molar-refractivity contribution in [2.45, 2.75) is 82.6 Å². The van der Waals surface area contributed by atoms with Crippen molar-refractivity contribution in [2.24, 2.45) is 17.4 Å². The monoisotopic (exact) mass is 606 g/mol. The van der Waals surface area contributed by atoms with E-state index in [1.54, 1.807) is 26.0 Å². The number of aromatic hydroxyl groups is 1. The Bertz CT molecular complexity index is 1160. The lowest BCUT2D eigenvalue weighted by molar-refractivity contribution is -0.144. The van der Waals surface area contributed by atoms with Crippen molar-refractivity contribution in [3.05, 3.63) is 29.8 Å². The predicted molar refractivity (Wildman–Crippen MR) is 153 cm³/mol. The molecule has 0 unspecified atom stereocenters. The van der Waals surface area contributed by atoms with Gasteiger partial charge < -0.3 is 47.6 Å². The molecule has 0 spiro atoms. The highest BCUT2D eigenvalue weighted by atomic mass is 16.4. The van der Waals surface area contributed by atoms with Crippen LogP contribution >= 0.6 is 0 Å². The summed E-state index contributed by atoms with van der Waals surface area (Å²) in [6.07, 6.45) is 0.496. The lowest BCUT2D eigenvalue weighted by atomic mass is 10.0. The Morgan fingerprint density at radius 2 is 1.60 bits per heavy atom. The summed E-state index contributed by atoms with van der Waals surface area (Å²) in [5, 5.41) is 35.9. The minimum Gasteiger partial charge on any atom is -0.508 e. The van der Waals surface area contributed by atoms with E-state index in [1.165, 1.54) is 17.0 Å². The van der Waals surface area contributed by atoms with E-state index in [2.05, 4.69) is 16.0 Å². The minimum absolute atomic E-state index is 0.0459. The van der Waals surface area contributed by atoms with E-state index >= 15 is 0 Å². The van der Waals surface area contributed by atoms with Crippen LogP contribution in [0.5, 0.6) is 5.75 Å². The number of rotatable bonds is 16. The molecule has 15 heteroatoms. The number of amides is 5. The van der Waals surface area contributed by atoms with Crippen molar-refractivity contribution in [1.82, 2.24) is 20.9 Å². The van der Waals surface area contributed by atoms with E-state index < -0.39 is 72.3 Å². The zero-order chi connectivity index (χ0) is 32.3. The third kappa shape index (κ3) is 10.8. The Morgan fingerprint density at radius 1 is 0.977 bits per heavy atom. The Labute approximate surface area is 249 Å². The second-order valence-corrected chi connectivity index (χ2v) is 11.0. The van der Waals surface area contributed by atoms with Crippen LogP contribution < -0.4 is 27.4 Å². The van der Waals surface area contributed by atoms with Gasteiger partial charge in [0.15, 0.2) is 0 Å². The van der Waals surface area contributed by atoms with E-state index in [9.17, 15) is 44.1 Å². The van der Waals surface area contributed by atoms with E-state index in [0.717, 1.165) is 0 Å². The fourth-order valence-corrected chi connectivity index (χ4v) is 4.73. The van der Waals surface area contributed by atoms with Crippen LogP contribution in [-0.4, -0.2) is 99.1 Å². The zero-order valence-corrected chi connectivity index (χ0v) is 24.3. The summed E-state index contributed by atoms with van der Waals surface area (Å²) in [6, 6.07) is 0.0238. The molecule has 0 aromatic heterocycles. The van der Waals surface area contributed by atoms with E-state index in [-0.39, 0.29) is 50.3 Å². The molecule has 0 radical (unpaired) electrons. The number of hydrogen-bond acceptors (Lipinski definition) is 9. The topological polar surface area (TPSA) is 254 Å². The van der Waals surface area contributed by atoms with Crippen LogP contribution in [0.15, 0.2) is 24.3 Å². The predicted octanol–water partition coefficient (Wildman–Crippen LogP) is -1.90. The van der Waals surface area contributed by atoms with Crippen LogP contribution in [-0.2, 0) is 35.2 Å². The number of aliphatic hydroxyl groups excluding tert-OH is 1. The first-order chi connectivity index (χ1) is 20.2. The number of carbonyl (C=O) groups excluding carboxylic acids is 5. The number of phenolic OH excluding ortho intramolecular Hbond substituents is 1. The molecule has 15 nitrogen and oxygen atoms in total. The summed E-state index contributed by atoms with van der Waals surface area (Å²) >= 11 is 0. The Kier molecular flexibility index (Phi) is 13.3. The largest absolute Gasteiger partial charge is 0.508 e. The average molecular weight is 607 g/mol. The molecule has 1 aliphatic heterocycles. The summed E-state index contributed by atoms with van der Waals surface area (Å²) in [5.74, 6) is -4.95. The minimum atomic E-state index is -1.47. The molecule has 0 bridgehead atoms. The lowest BCUT2D eigenvalue weighted by Crippen LogP contribution is -2.59. The number of carbonyl (C=O) groups is 6. The third-order valence-corrected chi connectivity index (χ3v) is 7.00. The van der Waals surface area contributed by atoms with E-state index in [4.69, 9.17) is 11.5 Å². The smallest absolute Gasteiger partial charge is 0.326 e. The fraction of sp³-hybridized carbons (Fsp3) is 0.571. The number of carboxylic acid groups (broad SMARTS) is 1. The normalized spacial score (nSPS) is 17.4. The number of benzene rings is 1. The summed E-state index contributed by atoms with van der Waals surface area (Å²) in [4.78, 5) is 76.5. The Morgan fingerprint density at radius 3 is 2.16 bits per heavy atom. The maximum atomic E-state index is 13.6. The molecule has 5 atom stereocenters. The molecule has 1 aromatic carbocycles. The number of hydrogen-bond donors (Lipinski definition) is 8. The first-order valence-electron chi connectivity index (χ1n) is 14.1. The van der Waals surface area contributed by atoms with Gasteiger partial charge in [0.1, 0.15) is 29.9 Å². The fourth-order valence-electron chi connectivity index (χ4n) is 4.73. The van der Waals surface area contributed by atoms with Crippen LogP contribution in [0.4, 0.5) is 0 Å². The Balaban J connectivity index is 2.12. The van der Waals surface area contributed by atoms with Crippen LogP contribution in [0.3, 0.4) is 0 Å². The number of nitrogens with zero attached hydrogens (tertiary/aromatic N) is 1. The molecule has 1 fully saturated rings. The quantitative estimate of drug-likeness (QED) is 0.104. The van der Waals surface area contributed by atoms with Gasteiger partial charge in [-0.1, -0.05) is 26.0 Å². The number of likely N-dealkylation sites (tertiary alicyclic amines) is 1. The second kappa shape index (κ2) is 16.4. The second-order valence-electron chi connectivity index (χ2n) is 11.0. The number of primary amides is 1. The van der Waals surface area contributed by atoms with Crippen LogP contribution in [0, 0.1) is 5.92 Å². The molecular weight excluding hydrogens is 564 g/mol. The molecule has 43 heavy (non-hydrogen) atoms. The molecule has 5 amide bonds. The summed E-state index contributed by atoms with van der Waals surface area (Å²) in [6.45, 7) is 2.89. The highest BCUT2D eigenvalue weighted by Gasteiger charge is 2.39. The molecule has 238 valence electrons. The molecule has 1 aliphatic rings. The number of nitrogens with two attached hydrogens (primary N) is 2. The van der Waals surface area contributed by atoms with Crippen LogP contribution in [0.1, 0.15) is 51.5 Å². The maximum Gasteiger partial charge on any atom is 0.326 e. The average Bonchev–Trinajstić information content (AvgIpc) is 3.44. The number of carboxylic acids is 1. The number of nitrogens with one attached hydrogen (secondary N) is 3. The Hall–Kier alpha value is -4.24. The van der Waals surface area contributed by atoms with Gasteiger partial charge in [0.25, 0.3) is 0 Å². The maximum absolute atomic E-state index is 13.6. The molecule has 1 aromatic rings. The molecule has 0 saturated carbocycles. The van der Waals surface area contributed by atoms with Gasteiger partial charge in [0.2, 0.25) is 29.5 Å². The van der Waals surface area contributed by atoms with Gasteiger partial charge in [-0.3, -0.25) is 24.0 Å². The van der Waals surface area contributed by atoms with Gasteiger partial charge in [-0.25, -0.2) is 4.79 Å². The summed E-state index contributed by atoms with van der Waals surface area (Å²) in [5.41, 5.74) is 12.0. The first-order valence-corrected chi connectivity index (χ1v) is 14.1. The standard InChI is InChI=1S/C28H42N6O9/c1-15(2)12-20(28(42)43)32-25(39)21(14-35)33-26(40)22-4-3-11-34(22)27(41)19(9-10-23(30)37)31-24(38)18(29)13-16-5-7-17(36)8-6-16/h5-8,15,18-22,35-36H,3-4,9-14,29H2,1-2H3,(H2,30,37)(H,31,38)(H,32,39)(H,33,40)(H,42,43)/t18-,19-,20-,21-,22-/m0/s1. The van der Waals surface area contributed by atoms with Gasteiger partial charge in [0.05, 0.1) is 12.6 Å². The highest BCUT2D eigenvalue weighted by molar-refractivity contribution is 5.96. The number of phenols is 1. The SMILES string of the molecule is CC(C)C[C@H](NC(=O)[C@H](CO)NC(=O)[C@@H]1CCCN1C(=O)[C@H](CCC(N)=O)NC(=O)[C@@H](N)Cc1ccc(O)cc1)C(=O)O. The molecule has 2 rings (SSSR count). The van der Waals surface area contributed by atoms with Gasteiger partial charge >= 0.3 is 5.97 Å². The van der Waals surface area contributed by atoms with Crippen molar-refractivity contribution in [3.63, 3.8) is 0 Å². The van der Waals surface area contributed by atoms with Crippen molar-refractivity contribution in [1.29, 1.82) is 0 Å². The summed E-state index contributed by atoms with van der Waals surface area (Å²) < 4.78 is 0. The highest BCUT2D eigenvalue weighted by Crippen LogP contribution is 2.20. The van der Waals surface area contributed by atoms with E-state index in [1.807, 2.05) is 0 Å². The van der Waals surface area contributed by atoms with Crippen LogP contribution in [0.2, 0.25) is 0 Å². The third-order valence-electron chi connectivity index (χ3n) is 7.00. The number of aliphatic hydroxyl groups is 1. The first kappa shape index (κ1) is 35.0. The van der Waals surface area contributed by atoms with E-state index in [0.29, 0.717) is 12.0 Å². The molecule has 10 N–H and O–H groups in total. The molecule has 1 heterocycles. The van der Waals surface area contributed by atoms with Gasteiger partial charge in [-0.05, 0) is 55.7 Å². The van der Waals surface area contributed by atoms with Gasteiger partial charge in [0, 0.05) is 13.0 Å². The zero-order valence-electron chi connectivity index (χ0n) is 24.3. The molecule has 0 aliphatic carbocycles. The van der Waals surface area contributed by atoms with Crippen molar-refractivity contribution >= 4 is 35.5 Å². The van der Waals surface area contributed by atoms with Gasteiger partial charge in [-0.15, -0.1) is 0 Å². The lowest BCUT2D eigenvalue weighted by Gasteiger charge is -2.30. The van der Waals surface area contributed by atoms with Crippen molar-refractivity contribution in [3.8, 4) is 5.75 Å². The number of aliphatic carboxylic acids is 1. The van der Waals surface area contributed by atoms with Crippen molar-refractivity contribution in [2.75, 3.05) is 13.2 Å². The summed E-state index contributed by atoms with van der Waals surface area (Å²) in [7, 11) is 0. The molecule has 1 saturated heterocycles. The van der Waals surface area contributed by atoms with Crippen LogP contribution in [0.25, 0.3) is 0 Å².